The fourth-order valence-electron chi connectivity index (χ4n) is 2.44. The number of hydrogen-bond acceptors (Lipinski definition) is 2. The van der Waals surface area contributed by atoms with Crippen LogP contribution in [0.2, 0.25) is 0 Å². The second-order valence-corrected chi connectivity index (χ2v) is 5.88. The summed E-state index contributed by atoms with van der Waals surface area (Å²) < 4.78 is 0. The van der Waals surface area contributed by atoms with E-state index >= 15 is 0 Å². The molecule has 0 aromatic carbocycles. The minimum atomic E-state index is 0.170. The van der Waals surface area contributed by atoms with E-state index in [1.165, 1.54) is 57.8 Å². The van der Waals surface area contributed by atoms with Crippen molar-refractivity contribution in [2.45, 2.75) is 90.9 Å². The van der Waals surface area contributed by atoms with Crippen LogP contribution in [-0.2, 0) is 4.79 Å². The molecule has 114 valence electrons. The maximum absolute atomic E-state index is 11.7. The van der Waals surface area contributed by atoms with Gasteiger partial charge in [-0.2, -0.15) is 0 Å². The standard InChI is InChI=1S/C17H35NO/c1-3-4-5-6-7-8-9-10-11-12-13-17(19)16(2)14-15-18/h16H,3-15,18H2,1-2H3. The number of ketones is 1. The summed E-state index contributed by atoms with van der Waals surface area (Å²) in [5.41, 5.74) is 5.47. The molecule has 1 unspecified atom stereocenters. The number of nitrogens with two attached hydrogens (primary N) is 1. The molecule has 0 radical (unpaired) electrons. The predicted octanol–water partition coefficient (Wildman–Crippen LogP) is 4.85. The summed E-state index contributed by atoms with van der Waals surface area (Å²) in [7, 11) is 0. The van der Waals surface area contributed by atoms with Gasteiger partial charge < -0.3 is 5.73 Å². The van der Waals surface area contributed by atoms with Crippen molar-refractivity contribution in [3.63, 3.8) is 0 Å². The first kappa shape index (κ1) is 18.6. The molecule has 0 aliphatic rings. The highest BCUT2D eigenvalue weighted by atomic mass is 16.1. The van der Waals surface area contributed by atoms with Crippen molar-refractivity contribution in [2.24, 2.45) is 11.7 Å². The molecule has 2 heteroatoms. The average Bonchev–Trinajstić information content (AvgIpc) is 2.41. The predicted molar refractivity (Wildman–Crippen MR) is 84.3 cm³/mol. The van der Waals surface area contributed by atoms with Crippen molar-refractivity contribution in [3.05, 3.63) is 0 Å². The highest BCUT2D eigenvalue weighted by molar-refractivity contribution is 5.80. The summed E-state index contributed by atoms with van der Waals surface area (Å²) >= 11 is 0. The summed E-state index contributed by atoms with van der Waals surface area (Å²) in [6.07, 6.45) is 14.8. The number of carbonyl (C=O) groups is 1. The number of Topliss-reactive ketones (excluding diaryl/α,β-unsaturated/α-hetero) is 1. The van der Waals surface area contributed by atoms with Gasteiger partial charge in [-0.05, 0) is 19.4 Å². The van der Waals surface area contributed by atoms with Crippen LogP contribution >= 0.6 is 0 Å². The highest BCUT2D eigenvalue weighted by Crippen LogP contribution is 2.13. The van der Waals surface area contributed by atoms with Gasteiger partial charge in [0, 0.05) is 12.3 Å². The van der Waals surface area contributed by atoms with Crippen LogP contribution in [0.5, 0.6) is 0 Å². The van der Waals surface area contributed by atoms with Crippen LogP contribution < -0.4 is 5.73 Å². The van der Waals surface area contributed by atoms with Crippen LogP contribution in [0.4, 0.5) is 0 Å². The van der Waals surface area contributed by atoms with Gasteiger partial charge in [0.25, 0.3) is 0 Å². The average molecular weight is 269 g/mol. The maximum Gasteiger partial charge on any atom is 0.135 e. The Kier molecular flexibility index (Phi) is 13.8. The summed E-state index contributed by atoms with van der Waals surface area (Å²) in [5.74, 6) is 0.577. The Balaban J connectivity index is 3.20. The van der Waals surface area contributed by atoms with E-state index < -0.39 is 0 Å². The van der Waals surface area contributed by atoms with E-state index in [0.29, 0.717) is 12.3 Å². The quantitative estimate of drug-likeness (QED) is 0.458. The monoisotopic (exact) mass is 269 g/mol. The second-order valence-electron chi connectivity index (χ2n) is 5.88. The molecule has 0 amide bonds. The molecule has 0 bridgehead atoms. The first-order chi connectivity index (χ1) is 9.22. The number of carbonyl (C=O) groups excluding carboxylic acids is 1. The van der Waals surface area contributed by atoms with E-state index in [2.05, 4.69) is 6.92 Å². The SMILES string of the molecule is CCCCCCCCCCCCC(=O)C(C)CCN. The Hall–Kier alpha value is -0.370. The Morgan fingerprint density at radius 2 is 1.37 bits per heavy atom. The first-order valence-electron chi connectivity index (χ1n) is 8.45. The van der Waals surface area contributed by atoms with Gasteiger partial charge in [0.15, 0.2) is 0 Å². The largest absolute Gasteiger partial charge is 0.330 e. The fraction of sp³-hybridized carbons (Fsp3) is 0.941. The zero-order chi connectivity index (χ0) is 14.3. The maximum atomic E-state index is 11.7. The summed E-state index contributed by atoms with van der Waals surface area (Å²) in [5, 5.41) is 0. The lowest BCUT2D eigenvalue weighted by atomic mass is 9.97. The highest BCUT2D eigenvalue weighted by Gasteiger charge is 2.10. The minimum absolute atomic E-state index is 0.170. The third-order valence-corrected chi connectivity index (χ3v) is 3.93. The van der Waals surface area contributed by atoms with E-state index in [4.69, 9.17) is 5.73 Å². The molecule has 0 fully saturated rings. The third-order valence-electron chi connectivity index (χ3n) is 3.93. The Bertz CT molecular complexity index is 203. The molecule has 1 atom stereocenters. The van der Waals surface area contributed by atoms with Crippen LogP contribution in [0.25, 0.3) is 0 Å². The molecule has 0 rings (SSSR count). The number of unbranched alkanes of at least 4 members (excludes halogenated alkanes) is 9. The fourth-order valence-corrected chi connectivity index (χ4v) is 2.44. The molecule has 19 heavy (non-hydrogen) atoms. The van der Waals surface area contributed by atoms with Crippen molar-refractivity contribution in [2.75, 3.05) is 6.54 Å². The van der Waals surface area contributed by atoms with Gasteiger partial charge in [-0.1, -0.05) is 71.6 Å². The smallest absolute Gasteiger partial charge is 0.135 e. The molecule has 0 aliphatic carbocycles. The van der Waals surface area contributed by atoms with Crippen LogP contribution in [0.3, 0.4) is 0 Å². The van der Waals surface area contributed by atoms with Gasteiger partial charge in [-0.25, -0.2) is 0 Å². The van der Waals surface area contributed by atoms with Gasteiger partial charge in [0.05, 0.1) is 0 Å². The van der Waals surface area contributed by atoms with E-state index in [0.717, 1.165) is 19.3 Å². The summed E-state index contributed by atoms with van der Waals surface area (Å²) in [6, 6.07) is 0. The summed E-state index contributed by atoms with van der Waals surface area (Å²) in [6.45, 7) is 4.89. The van der Waals surface area contributed by atoms with Crippen molar-refractivity contribution in [1.29, 1.82) is 0 Å². The molecular weight excluding hydrogens is 234 g/mol. The van der Waals surface area contributed by atoms with Crippen LogP contribution in [0, 0.1) is 5.92 Å². The Morgan fingerprint density at radius 1 is 0.895 bits per heavy atom. The zero-order valence-electron chi connectivity index (χ0n) is 13.3. The number of hydrogen-bond donors (Lipinski definition) is 1. The topological polar surface area (TPSA) is 43.1 Å². The van der Waals surface area contributed by atoms with Crippen LogP contribution in [0.1, 0.15) is 90.9 Å². The van der Waals surface area contributed by atoms with E-state index in [1.807, 2.05) is 6.92 Å². The normalized spacial score (nSPS) is 12.6. The second kappa shape index (κ2) is 14.0. The van der Waals surface area contributed by atoms with Crippen molar-refractivity contribution < 1.29 is 4.79 Å². The van der Waals surface area contributed by atoms with Gasteiger partial charge in [-0.15, -0.1) is 0 Å². The van der Waals surface area contributed by atoms with Crippen LogP contribution in [0.15, 0.2) is 0 Å². The molecule has 0 heterocycles. The molecule has 0 aromatic heterocycles. The van der Waals surface area contributed by atoms with Crippen molar-refractivity contribution in [3.8, 4) is 0 Å². The molecular formula is C17H35NO. The van der Waals surface area contributed by atoms with Crippen molar-refractivity contribution in [1.82, 2.24) is 0 Å². The first-order valence-corrected chi connectivity index (χ1v) is 8.45. The third kappa shape index (κ3) is 12.4. The van der Waals surface area contributed by atoms with E-state index in [-0.39, 0.29) is 5.92 Å². The van der Waals surface area contributed by atoms with Gasteiger partial charge in [0.2, 0.25) is 0 Å². The lowest BCUT2D eigenvalue weighted by Gasteiger charge is -2.08. The van der Waals surface area contributed by atoms with Gasteiger partial charge >= 0.3 is 0 Å². The lowest BCUT2D eigenvalue weighted by Crippen LogP contribution is -2.15. The zero-order valence-corrected chi connectivity index (χ0v) is 13.3. The van der Waals surface area contributed by atoms with E-state index in [9.17, 15) is 4.79 Å². The molecule has 2 nitrogen and oxygen atoms in total. The molecule has 0 aliphatic heterocycles. The molecule has 0 aromatic rings. The Labute approximate surface area is 120 Å². The van der Waals surface area contributed by atoms with Gasteiger partial charge in [-0.3, -0.25) is 4.79 Å². The lowest BCUT2D eigenvalue weighted by molar-refractivity contribution is -0.122. The summed E-state index contributed by atoms with van der Waals surface area (Å²) in [4.78, 5) is 11.7. The molecule has 0 spiro atoms. The molecule has 2 N–H and O–H groups in total. The molecule has 0 saturated heterocycles. The van der Waals surface area contributed by atoms with Crippen molar-refractivity contribution >= 4 is 5.78 Å². The number of rotatable bonds is 14. The molecule has 0 saturated carbocycles. The van der Waals surface area contributed by atoms with Crippen LogP contribution in [-0.4, -0.2) is 12.3 Å². The van der Waals surface area contributed by atoms with E-state index in [1.54, 1.807) is 0 Å². The minimum Gasteiger partial charge on any atom is -0.330 e. The van der Waals surface area contributed by atoms with Gasteiger partial charge in [0.1, 0.15) is 5.78 Å². The Morgan fingerprint density at radius 3 is 1.84 bits per heavy atom.